The number of nitrogens with zero attached hydrogens (tertiary/aromatic N) is 2. The van der Waals surface area contributed by atoms with Crippen LogP contribution in [0.1, 0.15) is 139 Å². The van der Waals surface area contributed by atoms with Gasteiger partial charge >= 0.3 is 5.97 Å². The molecule has 0 aromatic heterocycles. The van der Waals surface area contributed by atoms with Gasteiger partial charge in [-0.15, -0.1) is 0 Å². The lowest BCUT2D eigenvalue weighted by Gasteiger charge is -2.18. The number of esters is 1. The van der Waals surface area contributed by atoms with Crippen LogP contribution in [0.4, 0.5) is 0 Å². The SMILES string of the molecule is COC(=O)CCCCCCCCCCCNC(=O)[C@@H]1CN(C(=O)c2ccc(C(=O)N3C[C@@H](C(=O)N[C@H]4C[C@@H]4c4ccccc4)[C@H](C(=O)N[C@H]4C[C@@H]4c4ccccc4)C3)cc2)C[C@H]1C(=O)N[C@H]1C[C@@H]1c1ccccc1. The van der Waals surface area contributed by atoms with E-state index in [1.54, 1.807) is 34.1 Å². The van der Waals surface area contributed by atoms with E-state index in [1.165, 1.54) is 7.11 Å². The number of hydrogen-bond acceptors (Lipinski definition) is 8. The van der Waals surface area contributed by atoms with Crippen molar-refractivity contribution in [1.29, 1.82) is 0 Å². The second-order valence-corrected chi connectivity index (χ2v) is 21.3. The Balaban J connectivity index is 0.799. The minimum Gasteiger partial charge on any atom is -0.469 e. The monoisotopic (exact) mass is 1000 g/mol. The maximum atomic E-state index is 14.2. The number of hydrogen-bond donors (Lipinski definition) is 4. The van der Waals surface area contributed by atoms with E-state index in [-0.39, 0.29) is 103 Å². The van der Waals surface area contributed by atoms with Crippen LogP contribution < -0.4 is 21.3 Å². The number of ether oxygens (including phenoxy) is 1. The van der Waals surface area contributed by atoms with Crippen molar-refractivity contribution in [2.75, 3.05) is 39.8 Å². The molecule has 4 aromatic rings. The van der Waals surface area contributed by atoms with Gasteiger partial charge in [0, 0.05) is 86.2 Å². The molecular formula is C60H72N6O8. The molecule has 74 heavy (non-hydrogen) atoms. The predicted octanol–water partition coefficient (Wildman–Crippen LogP) is 7.27. The molecule has 3 aliphatic carbocycles. The van der Waals surface area contributed by atoms with Crippen molar-refractivity contribution in [1.82, 2.24) is 31.1 Å². The Bertz CT molecular complexity index is 2520. The van der Waals surface area contributed by atoms with Gasteiger partial charge in [0.25, 0.3) is 11.8 Å². The van der Waals surface area contributed by atoms with Crippen LogP contribution >= 0.6 is 0 Å². The molecule has 4 aromatic carbocycles. The smallest absolute Gasteiger partial charge is 0.305 e. The van der Waals surface area contributed by atoms with Crippen molar-refractivity contribution in [2.45, 2.75) is 119 Å². The van der Waals surface area contributed by atoms with Gasteiger partial charge in [-0.2, -0.15) is 0 Å². The molecule has 2 saturated heterocycles. The van der Waals surface area contributed by atoms with Gasteiger partial charge in [-0.25, -0.2) is 0 Å². The van der Waals surface area contributed by atoms with Gasteiger partial charge in [0.1, 0.15) is 0 Å². The summed E-state index contributed by atoms with van der Waals surface area (Å²) in [4.78, 5) is 98.7. The molecule has 6 amide bonds. The van der Waals surface area contributed by atoms with E-state index in [0.29, 0.717) is 24.1 Å². The fourth-order valence-corrected chi connectivity index (χ4v) is 11.3. The minimum atomic E-state index is -0.738. The first kappa shape index (κ1) is 52.0. The lowest BCUT2D eigenvalue weighted by molar-refractivity contribution is -0.140. The Hall–Kier alpha value is -6.83. The van der Waals surface area contributed by atoms with Crippen molar-refractivity contribution >= 4 is 41.4 Å². The number of amides is 6. The van der Waals surface area contributed by atoms with E-state index >= 15 is 0 Å². The van der Waals surface area contributed by atoms with E-state index in [4.69, 9.17) is 4.74 Å². The maximum Gasteiger partial charge on any atom is 0.305 e. The van der Waals surface area contributed by atoms with Crippen LogP contribution in [0.2, 0.25) is 0 Å². The first-order chi connectivity index (χ1) is 36.1. The number of unbranched alkanes of at least 4 members (excludes halogenated alkanes) is 8. The van der Waals surface area contributed by atoms with Gasteiger partial charge in [-0.3, -0.25) is 33.6 Å². The Kier molecular flexibility index (Phi) is 17.2. The van der Waals surface area contributed by atoms with Gasteiger partial charge in [-0.05, 0) is 73.1 Å². The molecule has 0 bridgehead atoms. The third kappa shape index (κ3) is 13.3. The molecule has 14 nitrogen and oxygen atoms in total. The van der Waals surface area contributed by atoms with Crippen LogP contribution in [0, 0.1) is 23.7 Å². The van der Waals surface area contributed by atoms with Crippen LogP contribution in [0.5, 0.6) is 0 Å². The second kappa shape index (κ2) is 24.5. The standard InChI is InChI=1S/C60H72N6O8/c1-74-54(67)26-18-7-5-3-2-4-6-8-19-31-61-55(68)47-35-65(36-48(47)56(69)62-51-32-44(51)39-20-12-9-13-21-39)59(72)42-27-29-43(30-28-42)60(73)66-37-49(57(70)63-52-33-45(52)40-22-14-10-15-23-40)50(38-66)58(71)64-53-34-46(53)41-24-16-11-17-25-41/h9-17,20-25,27-30,44-53H,2-8,18-19,26,31-38H2,1H3,(H,61,68)(H,62,69)(H,63,70)(H,64,71)/t44-,45-,46-,47-,48-,49-,50-,51+,52+,53+/m1/s1. The van der Waals surface area contributed by atoms with Crippen molar-refractivity contribution in [3.63, 3.8) is 0 Å². The summed E-state index contributed by atoms with van der Waals surface area (Å²) in [5, 5.41) is 12.6. The van der Waals surface area contributed by atoms with Gasteiger partial charge < -0.3 is 35.8 Å². The first-order valence-corrected chi connectivity index (χ1v) is 27.1. The molecule has 5 fully saturated rings. The second-order valence-electron chi connectivity index (χ2n) is 21.3. The molecule has 0 radical (unpaired) electrons. The fraction of sp³-hybridized carbons (Fsp3) is 0.483. The molecule has 5 aliphatic rings. The average Bonchev–Trinajstić information content (AvgIpc) is 4.40. The Labute approximate surface area is 435 Å². The largest absolute Gasteiger partial charge is 0.469 e. The molecule has 0 unspecified atom stereocenters. The highest BCUT2D eigenvalue weighted by atomic mass is 16.5. The van der Waals surface area contributed by atoms with E-state index in [0.717, 1.165) is 93.7 Å². The Morgan fingerprint density at radius 1 is 0.432 bits per heavy atom. The van der Waals surface area contributed by atoms with Crippen molar-refractivity contribution in [3.8, 4) is 0 Å². The lowest BCUT2D eigenvalue weighted by Crippen LogP contribution is -2.43. The highest BCUT2D eigenvalue weighted by molar-refractivity contribution is 6.00. The summed E-state index contributed by atoms with van der Waals surface area (Å²) in [6.45, 7) is 0.798. The summed E-state index contributed by atoms with van der Waals surface area (Å²) in [5.41, 5.74) is 4.11. The Morgan fingerprint density at radius 3 is 1.11 bits per heavy atom. The summed E-state index contributed by atoms with van der Waals surface area (Å²) in [7, 11) is 1.42. The van der Waals surface area contributed by atoms with Gasteiger partial charge in [-0.1, -0.05) is 136 Å². The quantitative estimate of drug-likeness (QED) is 0.0418. The summed E-state index contributed by atoms with van der Waals surface area (Å²) in [6.07, 6.45) is 12.1. The topological polar surface area (TPSA) is 183 Å². The number of methoxy groups -OCH3 is 1. The lowest BCUT2D eigenvalue weighted by atomic mass is 9.94. The molecular weight excluding hydrogens is 933 g/mol. The predicted molar refractivity (Wildman–Crippen MR) is 281 cm³/mol. The minimum absolute atomic E-state index is 0.0379. The summed E-state index contributed by atoms with van der Waals surface area (Å²) >= 11 is 0. The number of benzene rings is 4. The summed E-state index contributed by atoms with van der Waals surface area (Å²) < 4.78 is 4.71. The molecule has 4 N–H and O–H groups in total. The molecule has 14 heteroatoms. The van der Waals surface area contributed by atoms with Gasteiger partial charge in [0.2, 0.25) is 23.6 Å². The molecule has 9 rings (SSSR count). The van der Waals surface area contributed by atoms with Crippen molar-refractivity contribution in [3.05, 3.63) is 143 Å². The van der Waals surface area contributed by atoms with Crippen LogP contribution in [-0.4, -0.2) is 109 Å². The molecule has 0 spiro atoms. The number of carbonyl (C=O) groups is 7. The Morgan fingerprint density at radius 2 is 0.757 bits per heavy atom. The normalized spacial score (nSPS) is 25.4. The zero-order valence-electron chi connectivity index (χ0n) is 42.6. The third-order valence-corrected chi connectivity index (χ3v) is 16.1. The zero-order valence-corrected chi connectivity index (χ0v) is 42.6. The first-order valence-electron chi connectivity index (χ1n) is 27.1. The molecule has 2 aliphatic heterocycles. The fourth-order valence-electron chi connectivity index (χ4n) is 11.3. The number of nitrogens with one attached hydrogen (secondary N) is 4. The maximum absolute atomic E-state index is 14.2. The molecule has 10 atom stereocenters. The number of carbonyl (C=O) groups excluding carboxylic acids is 7. The third-order valence-electron chi connectivity index (χ3n) is 16.1. The highest BCUT2D eigenvalue weighted by Gasteiger charge is 2.50. The van der Waals surface area contributed by atoms with Crippen LogP contribution in [0.3, 0.4) is 0 Å². The zero-order chi connectivity index (χ0) is 51.6. The summed E-state index contributed by atoms with van der Waals surface area (Å²) in [5.74, 6) is -4.10. The van der Waals surface area contributed by atoms with E-state index < -0.39 is 23.7 Å². The highest BCUT2D eigenvalue weighted by Crippen LogP contribution is 2.44. The van der Waals surface area contributed by atoms with Crippen LogP contribution in [-0.2, 0) is 28.7 Å². The van der Waals surface area contributed by atoms with Crippen molar-refractivity contribution < 1.29 is 38.3 Å². The summed E-state index contributed by atoms with van der Waals surface area (Å²) in [6, 6.07) is 36.4. The number of likely N-dealkylation sites (tertiary alicyclic amines) is 2. The molecule has 390 valence electrons. The van der Waals surface area contributed by atoms with Gasteiger partial charge in [0.15, 0.2) is 0 Å². The van der Waals surface area contributed by atoms with Crippen molar-refractivity contribution in [2.24, 2.45) is 23.7 Å². The molecule has 2 heterocycles. The number of rotatable bonds is 24. The average molecular weight is 1010 g/mol. The van der Waals surface area contributed by atoms with E-state index in [2.05, 4.69) is 57.7 Å². The van der Waals surface area contributed by atoms with E-state index in [9.17, 15) is 33.6 Å². The van der Waals surface area contributed by atoms with Gasteiger partial charge in [0.05, 0.1) is 30.8 Å². The molecule has 3 saturated carbocycles. The van der Waals surface area contributed by atoms with Crippen LogP contribution in [0.15, 0.2) is 115 Å². The van der Waals surface area contributed by atoms with Crippen LogP contribution in [0.25, 0.3) is 0 Å². The van der Waals surface area contributed by atoms with E-state index in [1.807, 2.05) is 54.6 Å².